The molecule has 0 aliphatic carbocycles. The molecule has 0 spiro atoms. The van der Waals surface area contributed by atoms with Gasteiger partial charge in [0.2, 0.25) is 0 Å². The Balaban J connectivity index is 2.81. The number of hydrogen-bond acceptors (Lipinski definition) is 4. The molecule has 1 heterocycles. The molecule has 1 aliphatic heterocycles. The summed E-state index contributed by atoms with van der Waals surface area (Å²) in [5.41, 5.74) is 0. The van der Waals surface area contributed by atoms with Crippen LogP contribution in [-0.2, 0) is 9.59 Å². The number of rotatable bonds is 0. The van der Waals surface area contributed by atoms with E-state index in [1.807, 2.05) is 0 Å². The lowest BCUT2D eigenvalue weighted by molar-refractivity contribution is -0.130. The zero-order valence-electron chi connectivity index (χ0n) is 3.12. The zero-order chi connectivity index (χ0) is 5.28. The van der Waals surface area contributed by atoms with Crippen molar-refractivity contribution in [3.05, 3.63) is 0 Å². The highest BCUT2D eigenvalue weighted by molar-refractivity contribution is 8.14. The molecule has 0 fully saturated rings. The average Bonchev–Trinajstić information content (AvgIpc) is 1.91. The van der Waals surface area contributed by atoms with Crippen molar-refractivity contribution >= 4 is 23.0 Å². The van der Waals surface area contributed by atoms with E-state index in [-0.39, 0.29) is 0 Å². The highest BCUT2D eigenvalue weighted by atomic mass is 32.2. The highest BCUT2D eigenvalue weighted by Gasteiger charge is 2.18. The van der Waals surface area contributed by atoms with E-state index in [9.17, 15) is 9.59 Å². The molecule has 0 unspecified atom stereocenters. The van der Waals surface area contributed by atoms with Gasteiger partial charge in [0.1, 0.15) is 0 Å². The number of nitrogens with zero attached hydrogens (tertiary/aromatic N) is 2. The summed E-state index contributed by atoms with van der Waals surface area (Å²) < 4.78 is 3.09. The smallest absolute Gasteiger partial charge is 0.274 e. The molecule has 0 radical (unpaired) electrons. The van der Waals surface area contributed by atoms with Crippen molar-refractivity contribution in [3.63, 3.8) is 0 Å². The van der Waals surface area contributed by atoms with Gasteiger partial charge in [0.25, 0.3) is 0 Å². The van der Waals surface area contributed by atoms with Gasteiger partial charge in [-0.1, -0.05) is 5.11 Å². The van der Waals surface area contributed by atoms with E-state index in [1.54, 1.807) is 0 Å². The van der Waals surface area contributed by atoms with Gasteiger partial charge in [-0.15, -0.1) is 4.52 Å². The quantitative estimate of drug-likeness (QED) is 0.334. The molecule has 7 heavy (non-hydrogen) atoms. The molecule has 0 aromatic carbocycles. The third-order valence-corrected chi connectivity index (χ3v) is 0.934. The monoisotopic (exact) mass is 116 g/mol. The van der Waals surface area contributed by atoms with Gasteiger partial charge < -0.3 is 0 Å². The van der Waals surface area contributed by atoms with E-state index in [1.165, 1.54) is 0 Å². The van der Waals surface area contributed by atoms with Gasteiger partial charge in [-0.05, 0) is 0 Å². The lowest BCUT2D eigenvalue weighted by Crippen LogP contribution is -1.97. The van der Waals surface area contributed by atoms with Gasteiger partial charge in [-0.2, -0.15) is 0 Å². The first-order valence-electron chi connectivity index (χ1n) is 1.47. The summed E-state index contributed by atoms with van der Waals surface area (Å²) in [6.45, 7) is 0. The number of amides is 1. The molecule has 5 heteroatoms. The van der Waals surface area contributed by atoms with Crippen LogP contribution in [0, 0.1) is 0 Å². The van der Waals surface area contributed by atoms with E-state index in [4.69, 9.17) is 0 Å². The summed E-state index contributed by atoms with van der Waals surface area (Å²) in [6, 6.07) is 0. The third kappa shape index (κ3) is 0.663. The molecule has 0 N–H and O–H groups in total. The second-order valence-corrected chi connectivity index (χ2v) is 1.58. The summed E-state index contributed by atoms with van der Waals surface area (Å²) >= 11 is 0.575. The minimum atomic E-state index is -0.759. The van der Waals surface area contributed by atoms with Crippen LogP contribution in [0.5, 0.6) is 0 Å². The minimum Gasteiger partial charge on any atom is -0.274 e. The Labute approximate surface area is 43.1 Å². The molecule has 1 rings (SSSR count). The van der Waals surface area contributed by atoms with Crippen molar-refractivity contribution in [2.45, 2.75) is 0 Å². The van der Waals surface area contributed by atoms with E-state index >= 15 is 0 Å². The maximum atomic E-state index is 10.0. The standard InChI is InChI=1S/C2N2O2S/c5-1-2(6)7-4-3-1. The van der Waals surface area contributed by atoms with Crippen LogP contribution in [0.4, 0.5) is 0 Å². The second kappa shape index (κ2) is 1.42. The molecule has 4 nitrogen and oxygen atoms in total. The van der Waals surface area contributed by atoms with Crippen molar-refractivity contribution in [2.24, 2.45) is 9.63 Å². The van der Waals surface area contributed by atoms with Crippen LogP contribution in [0.3, 0.4) is 0 Å². The van der Waals surface area contributed by atoms with Gasteiger partial charge in [0.15, 0.2) is 0 Å². The molecule has 0 saturated carbocycles. The summed E-state index contributed by atoms with van der Waals surface area (Å²) in [4.78, 5) is 19.9. The SMILES string of the molecule is O=C1N=NSC1=O. The maximum absolute atomic E-state index is 10.0. The molecular weight excluding hydrogens is 116 g/mol. The summed E-state index contributed by atoms with van der Waals surface area (Å²) in [6.07, 6.45) is 0. The van der Waals surface area contributed by atoms with Gasteiger partial charge in [-0.3, -0.25) is 9.59 Å². The van der Waals surface area contributed by atoms with Crippen molar-refractivity contribution in [3.8, 4) is 0 Å². The summed E-state index contributed by atoms with van der Waals surface area (Å²) in [5, 5.41) is 2.32. The van der Waals surface area contributed by atoms with Crippen molar-refractivity contribution in [1.29, 1.82) is 0 Å². The Bertz CT molecular complexity index is 152. The van der Waals surface area contributed by atoms with Gasteiger partial charge in [0, 0.05) is 0 Å². The van der Waals surface area contributed by atoms with Crippen LogP contribution in [0.1, 0.15) is 0 Å². The average molecular weight is 116 g/mol. The van der Waals surface area contributed by atoms with Crippen molar-refractivity contribution in [2.75, 3.05) is 0 Å². The molecule has 1 aliphatic rings. The Hall–Kier alpha value is -0.710. The molecule has 1 amide bonds. The van der Waals surface area contributed by atoms with Crippen LogP contribution in [-0.4, -0.2) is 11.0 Å². The predicted octanol–water partition coefficient (Wildman–Crippen LogP) is 0.154. The molecular formula is C2N2O2S. The Morgan fingerprint density at radius 1 is 1.43 bits per heavy atom. The number of hydrogen-bond donors (Lipinski definition) is 0. The normalized spacial score (nSPS) is 18.9. The lowest BCUT2D eigenvalue weighted by atomic mass is 10.7. The van der Waals surface area contributed by atoms with Crippen LogP contribution in [0.25, 0.3) is 0 Å². The predicted molar refractivity (Wildman–Crippen MR) is 22.5 cm³/mol. The highest BCUT2D eigenvalue weighted by Crippen LogP contribution is 2.12. The second-order valence-electron chi connectivity index (χ2n) is 0.866. The van der Waals surface area contributed by atoms with Crippen molar-refractivity contribution in [1.82, 2.24) is 0 Å². The van der Waals surface area contributed by atoms with Crippen LogP contribution < -0.4 is 0 Å². The lowest BCUT2D eigenvalue weighted by Gasteiger charge is -1.66. The van der Waals surface area contributed by atoms with Crippen molar-refractivity contribution < 1.29 is 9.59 Å². The third-order valence-electron chi connectivity index (χ3n) is 0.430. The van der Waals surface area contributed by atoms with E-state index in [0.717, 1.165) is 0 Å². The molecule has 0 bridgehead atoms. The van der Waals surface area contributed by atoms with E-state index in [2.05, 4.69) is 9.63 Å². The Kier molecular flexibility index (Phi) is 0.900. The maximum Gasteiger partial charge on any atom is 0.345 e. The molecule has 0 aromatic heterocycles. The van der Waals surface area contributed by atoms with Gasteiger partial charge in [-0.25, -0.2) is 0 Å². The molecule has 36 valence electrons. The largest absolute Gasteiger partial charge is 0.345 e. The molecule has 0 aromatic rings. The first kappa shape index (κ1) is 4.45. The van der Waals surface area contributed by atoms with E-state index in [0.29, 0.717) is 11.9 Å². The van der Waals surface area contributed by atoms with E-state index < -0.39 is 11.0 Å². The van der Waals surface area contributed by atoms with Gasteiger partial charge >= 0.3 is 11.0 Å². The fraction of sp³-hybridized carbons (Fsp3) is 0. The Morgan fingerprint density at radius 3 is 2.29 bits per heavy atom. The summed E-state index contributed by atoms with van der Waals surface area (Å²) in [5.74, 6) is -0.759. The fourth-order valence-corrected chi connectivity index (χ4v) is 0.483. The molecule has 0 atom stereocenters. The molecule has 0 saturated heterocycles. The Morgan fingerprint density at radius 2 is 2.14 bits per heavy atom. The number of carbonyl (C=O) groups is 2. The number of carbonyl (C=O) groups excluding carboxylic acids is 2. The zero-order valence-corrected chi connectivity index (χ0v) is 3.94. The van der Waals surface area contributed by atoms with Crippen LogP contribution in [0.2, 0.25) is 0 Å². The van der Waals surface area contributed by atoms with Gasteiger partial charge in [0.05, 0.1) is 11.9 Å². The van der Waals surface area contributed by atoms with Crippen LogP contribution in [0.15, 0.2) is 9.63 Å². The first-order valence-corrected chi connectivity index (χ1v) is 2.24. The fourth-order valence-electron chi connectivity index (χ4n) is 0.174. The summed E-state index contributed by atoms with van der Waals surface area (Å²) in [7, 11) is 0. The minimum absolute atomic E-state index is 0.575. The first-order chi connectivity index (χ1) is 3.30. The van der Waals surface area contributed by atoms with Crippen LogP contribution >= 0.6 is 11.9 Å². The topological polar surface area (TPSA) is 58.9 Å².